The lowest BCUT2D eigenvalue weighted by Gasteiger charge is -2.22. The minimum absolute atomic E-state index is 0.0107. The molecule has 1 aliphatic carbocycles. The van der Waals surface area contributed by atoms with Gasteiger partial charge in [-0.05, 0) is 42.5 Å². The first kappa shape index (κ1) is 17.9. The van der Waals surface area contributed by atoms with Crippen LogP contribution in [0, 0.1) is 10.1 Å². The topological polar surface area (TPSA) is 94.3 Å². The quantitative estimate of drug-likeness (QED) is 0.454. The molecule has 1 aromatic rings. The molecule has 1 aliphatic rings. The summed E-state index contributed by atoms with van der Waals surface area (Å²) in [5, 5.41) is 9.89. The maximum Gasteiger partial charge on any atom is 0.288 e. The number of carbonyl (C=O) groups excluding carboxylic acids is 1. The second kappa shape index (κ2) is 6.97. The normalized spacial score (nSPS) is 16.3. The molecule has 0 heterocycles. The van der Waals surface area contributed by atoms with E-state index in [0.29, 0.717) is 24.8 Å². The fraction of sp³-hybridized carbons (Fsp3) is 0.533. The third-order valence-corrected chi connectivity index (χ3v) is 6.76. The summed E-state index contributed by atoms with van der Waals surface area (Å²) in [7, 11) is -3.81. The van der Waals surface area contributed by atoms with Crippen molar-refractivity contribution < 1.29 is 18.1 Å². The van der Waals surface area contributed by atoms with Gasteiger partial charge < -0.3 is 0 Å². The fourth-order valence-electron chi connectivity index (χ4n) is 3.01. The molecule has 0 aromatic heterocycles. The van der Waals surface area contributed by atoms with E-state index in [1.807, 2.05) is 0 Å². The first-order valence-corrected chi connectivity index (χ1v) is 9.46. The molecular weight excluding hydrogens is 342 g/mol. The standard InChI is InChI=1S/C15H18ClNO5S/c1-2-10-8-14(13(17(19)20)9-12(10)15(16)18)23(21,22)11-6-4-3-5-7-11/h8-9,11H,2-7H2,1H3. The molecule has 1 saturated carbocycles. The van der Waals surface area contributed by atoms with Gasteiger partial charge in [0.1, 0.15) is 4.90 Å². The molecule has 8 heteroatoms. The van der Waals surface area contributed by atoms with Crippen LogP contribution in [-0.4, -0.2) is 23.8 Å². The van der Waals surface area contributed by atoms with Crippen molar-refractivity contribution in [2.45, 2.75) is 55.6 Å². The molecule has 0 aliphatic heterocycles. The monoisotopic (exact) mass is 359 g/mol. The second-order valence-corrected chi connectivity index (χ2v) is 8.21. The predicted octanol–water partition coefficient (Wildman–Crippen LogP) is 3.64. The Bertz CT molecular complexity index is 738. The van der Waals surface area contributed by atoms with Gasteiger partial charge >= 0.3 is 0 Å². The molecule has 0 amide bonds. The Morgan fingerprint density at radius 3 is 2.39 bits per heavy atom. The highest BCUT2D eigenvalue weighted by Gasteiger charge is 2.35. The Hall–Kier alpha value is -1.47. The van der Waals surface area contributed by atoms with Gasteiger partial charge in [-0.3, -0.25) is 14.9 Å². The van der Waals surface area contributed by atoms with Gasteiger partial charge in [-0.2, -0.15) is 0 Å². The van der Waals surface area contributed by atoms with Gasteiger partial charge in [0.25, 0.3) is 10.9 Å². The highest BCUT2D eigenvalue weighted by Crippen LogP contribution is 2.35. The van der Waals surface area contributed by atoms with Gasteiger partial charge in [0.2, 0.25) is 0 Å². The Morgan fingerprint density at radius 2 is 1.91 bits per heavy atom. The molecule has 23 heavy (non-hydrogen) atoms. The average Bonchev–Trinajstić information content (AvgIpc) is 2.54. The average molecular weight is 360 g/mol. The summed E-state index contributed by atoms with van der Waals surface area (Å²) in [5.74, 6) is 0. The molecule has 0 saturated heterocycles. The number of hydrogen-bond acceptors (Lipinski definition) is 5. The van der Waals surface area contributed by atoms with Crippen molar-refractivity contribution in [1.29, 1.82) is 0 Å². The summed E-state index contributed by atoms with van der Waals surface area (Å²) >= 11 is 5.47. The molecule has 0 atom stereocenters. The van der Waals surface area contributed by atoms with Crippen molar-refractivity contribution in [2.24, 2.45) is 0 Å². The van der Waals surface area contributed by atoms with Crippen LogP contribution in [0.1, 0.15) is 54.9 Å². The van der Waals surface area contributed by atoms with Crippen LogP contribution in [0.4, 0.5) is 5.69 Å². The molecular formula is C15H18ClNO5S. The van der Waals surface area contributed by atoms with Crippen molar-refractivity contribution in [3.05, 3.63) is 33.4 Å². The number of nitrogens with zero attached hydrogens (tertiary/aromatic N) is 1. The largest absolute Gasteiger partial charge is 0.288 e. The van der Waals surface area contributed by atoms with Crippen molar-refractivity contribution >= 4 is 32.4 Å². The van der Waals surface area contributed by atoms with Gasteiger partial charge in [-0.15, -0.1) is 0 Å². The van der Waals surface area contributed by atoms with Crippen molar-refractivity contribution in [2.75, 3.05) is 0 Å². The zero-order valence-electron chi connectivity index (χ0n) is 12.7. The predicted molar refractivity (Wildman–Crippen MR) is 86.7 cm³/mol. The van der Waals surface area contributed by atoms with E-state index in [9.17, 15) is 23.3 Å². The number of halogens is 1. The van der Waals surface area contributed by atoms with Crippen LogP contribution in [0.2, 0.25) is 0 Å². The number of sulfone groups is 1. The Kier molecular flexibility index (Phi) is 5.41. The first-order valence-electron chi connectivity index (χ1n) is 7.54. The molecule has 0 bridgehead atoms. The lowest BCUT2D eigenvalue weighted by molar-refractivity contribution is -0.387. The second-order valence-electron chi connectivity index (χ2n) is 5.67. The first-order chi connectivity index (χ1) is 10.8. The molecule has 0 spiro atoms. The third kappa shape index (κ3) is 3.55. The molecule has 0 radical (unpaired) electrons. The fourth-order valence-corrected chi connectivity index (χ4v) is 5.23. The van der Waals surface area contributed by atoms with Crippen LogP contribution in [0.25, 0.3) is 0 Å². The van der Waals surface area contributed by atoms with Gasteiger partial charge in [0.05, 0.1) is 10.2 Å². The number of nitro benzene ring substituents is 1. The van der Waals surface area contributed by atoms with Crippen molar-refractivity contribution in [1.82, 2.24) is 0 Å². The van der Waals surface area contributed by atoms with Crippen LogP contribution in [0.5, 0.6) is 0 Å². The number of aryl methyl sites for hydroxylation is 1. The number of hydrogen-bond donors (Lipinski definition) is 0. The Labute approximate surface area is 139 Å². The number of nitro groups is 1. The lowest BCUT2D eigenvalue weighted by Crippen LogP contribution is -2.25. The minimum atomic E-state index is -3.81. The number of benzene rings is 1. The van der Waals surface area contributed by atoms with Gasteiger partial charge in [-0.1, -0.05) is 26.2 Å². The third-order valence-electron chi connectivity index (χ3n) is 4.27. The molecule has 0 N–H and O–H groups in total. The maximum absolute atomic E-state index is 12.8. The number of rotatable bonds is 5. The molecule has 1 aromatic carbocycles. The van der Waals surface area contributed by atoms with E-state index in [-0.39, 0.29) is 10.5 Å². The molecule has 2 rings (SSSR count). The Morgan fingerprint density at radius 1 is 1.30 bits per heavy atom. The SMILES string of the molecule is CCc1cc(S(=O)(=O)C2CCCCC2)c([N+](=O)[O-])cc1C(=O)Cl. The zero-order chi connectivity index (χ0) is 17.2. The van der Waals surface area contributed by atoms with E-state index in [2.05, 4.69) is 0 Å². The summed E-state index contributed by atoms with van der Waals surface area (Å²) in [4.78, 5) is 21.7. The van der Waals surface area contributed by atoms with Gasteiger partial charge in [-0.25, -0.2) is 8.42 Å². The molecule has 126 valence electrons. The van der Waals surface area contributed by atoms with Crippen molar-refractivity contribution in [3.63, 3.8) is 0 Å². The summed E-state index contributed by atoms with van der Waals surface area (Å²) in [6, 6.07) is 2.24. The smallest absolute Gasteiger partial charge is 0.276 e. The molecule has 0 unspecified atom stereocenters. The lowest BCUT2D eigenvalue weighted by atomic mass is 10.0. The zero-order valence-corrected chi connectivity index (χ0v) is 14.3. The molecule has 1 fully saturated rings. The summed E-state index contributed by atoms with van der Waals surface area (Å²) < 4.78 is 25.7. The van der Waals surface area contributed by atoms with Gasteiger partial charge in [0, 0.05) is 11.6 Å². The van der Waals surface area contributed by atoms with Crippen molar-refractivity contribution in [3.8, 4) is 0 Å². The van der Waals surface area contributed by atoms with E-state index in [0.717, 1.165) is 25.3 Å². The Balaban J connectivity index is 2.64. The van der Waals surface area contributed by atoms with E-state index in [4.69, 9.17) is 11.6 Å². The van der Waals surface area contributed by atoms with Crippen LogP contribution in [0.3, 0.4) is 0 Å². The minimum Gasteiger partial charge on any atom is -0.276 e. The van der Waals surface area contributed by atoms with Crippen LogP contribution >= 0.6 is 11.6 Å². The van der Waals surface area contributed by atoms with Crippen LogP contribution in [0.15, 0.2) is 17.0 Å². The highest BCUT2D eigenvalue weighted by atomic mass is 35.5. The highest BCUT2D eigenvalue weighted by molar-refractivity contribution is 7.92. The number of carbonyl (C=O) groups is 1. The summed E-state index contributed by atoms with van der Waals surface area (Å²) in [6.45, 7) is 1.74. The van der Waals surface area contributed by atoms with E-state index in [1.165, 1.54) is 6.07 Å². The van der Waals surface area contributed by atoms with Gasteiger partial charge in [0.15, 0.2) is 9.84 Å². The maximum atomic E-state index is 12.8. The van der Waals surface area contributed by atoms with Crippen LogP contribution < -0.4 is 0 Å². The molecule has 6 nitrogen and oxygen atoms in total. The summed E-state index contributed by atoms with van der Waals surface area (Å²) in [5.41, 5.74) is -0.176. The van der Waals surface area contributed by atoms with E-state index in [1.54, 1.807) is 6.92 Å². The van der Waals surface area contributed by atoms with Crippen LogP contribution in [-0.2, 0) is 16.3 Å². The summed E-state index contributed by atoms with van der Waals surface area (Å²) in [6.07, 6.45) is 3.97. The van der Waals surface area contributed by atoms with E-state index >= 15 is 0 Å². The van der Waals surface area contributed by atoms with E-state index < -0.39 is 30.9 Å².